The van der Waals surface area contributed by atoms with Crippen molar-refractivity contribution in [2.45, 2.75) is 58.0 Å². The summed E-state index contributed by atoms with van der Waals surface area (Å²) in [5, 5.41) is 9.09. The van der Waals surface area contributed by atoms with E-state index < -0.39 is 33.2 Å². The van der Waals surface area contributed by atoms with Gasteiger partial charge in [-0.3, -0.25) is 4.79 Å². The van der Waals surface area contributed by atoms with Gasteiger partial charge in [0.2, 0.25) is 15.9 Å². The molecule has 1 amide bonds. The van der Waals surface area contributed by atoms with Crippen LogP contribution >= 0.6 is 0 Å². The predicted molar refractivity (Wildman–Crippen MR) is 82.8 cm³/mol. The van der Waals surface area contributed by atoms with Crippen molar-refractivity contribution in [3.05, 3.63) is 0 Å². The highest BCUT2D eigenvalue weighted by Crippen LogP contribution is 2.24. The van der Waals surface area contributed by atoms with Crippen LogP contribution < -0.4 is 4.72 Å². The van der Waals surface area contributed by atoms with Crippen LogP contribution in [-0.2, 0) is 19.6 Å². The van der Waals surface area contributed by atoms with Gasteiger partial charge in [-0.25, -0.2) is 17.9 Å². The second-order valence-electron chi connectivity index (χ2n) is 6.65. The molecule has 0 atom stereocenters. The SMILES string of the molecule is CC1CCC(NS(=O)(=O)CC(=O)N(C)C(C)(C)C(=O)O)CC1. The summed E-state index contributed by atoms with van der Waals surface area (Å²) in [6, 6.07) is -0.133. The Morgan fingerprint density at radius 1 is 1.23 bits per heavy atom. The molecule has 8 heteroatoms. The molecule has 1 rings (SSSR count). The van der Waals surface area contributed by atoms with Gasteiger partial charge in [-0.2, -0.15) is 0 Å². The van der Waals surface area contributed by atoms with Gasteiger partial charge < -0.3 is 10.0 Å². The second kappa shape index (κ2) is 6.95. The molecule has 0 aliphatic heterocycles. The number of carbonyl (C=O) groups is 2. The Balaban J connectivity index is 2.64. The monoisotopic (exact) mass is 334 g/mol. The molecule has 0 saturated heterocycles. The number of likely N-dealkylation sites (N-methyl/N-ethyl adjacent to an activating group) is 1. The molecule has 0 aromatic heterocycles. The first kappa shape index (κ1) is 18.9. The third kappa shape index (κ3) is 4.95. The summed E-state index contributed by atoms with van der Waals surface area (Å²) < 4.78 is 26.7. The minimum absolute atomic E-state index is 0.133. The summed E-state index contributed by atoms with van der Waals surface area (Å²) >= 11 is 0. The third-order valence-corrected chi connectivity index (χ3v) is 5.73. The van der Waals surface area contributed by atoms with Crippen LogP contribution in [0.5, 0.6) is 0 Å². The molecule has 0 aromatic rings. The van der Waals surface area contributed by atoms with Gasteiger partial charge in [0, 0.05) is 13.1 Å². The van der Waals surface area contributed by atoms with Gasteiger partial charge in [-0.05, 0) is 45.4 Å². The van der Waals surface area contributed by atoms with E-state index in [1.54, 1.807) is 0 Å². The number of nitrogens with one attached hydrogen (secondary N) is 1. The quantitative estimate of drug-likeness (QED) is 0.748. The standard InChI is InChI=1S/C14H26N2O5S/c1-10-5-7-11(8-6-10)15-22(20,21)9-12(17)16(4)14(2,3)13(18)19/h10-11,15H,5-9H2,1-4H3,(H,18,19). The molecule has 1 saturated carbocycles. The van der Waals surface area contributed by atoms with Crippen molar-refractivity contribution in [1.29, 1.82) is 0 Å². The molecule has 7 nitrogen and oxygen atoms in total. The number of carboxylic acids is 1. The van der Waals surface area contributed by atoms with Gasteiger partial charge >= 0.3 is 5.97 Å². The van der Waals surface area contributed by atoms with Gasteiger partial charge in [-0.15, -0.1) is 0 Å². The maximum absolute atomic E-state index is 12.1. The van der Waals surface area contributed by atoms with E-state index >= 15 is 0 Å². The highest BCUT2D eigenvalue weighted by Gasteiger charge is 2.37. The largest absolute Gasteiger partial charge is 0.480 e. The fraction of sp³-hybridized carbons (Fsp3) is 0.857. The molecular formula is C14H26N2O5S. The number of amides is 1. The fourth-order valence-corrected chi connectivity index (χ4v) is 3.73. The van der Waals surface area contributed by atoms with E-state index in [4.69, 9.17) is 5.11 Å². The van der Waals surface area contributed by atoms with E-state index in [9.17, 15) is 18.0 Å². The van der Waals surface area contributed by atoms with Crippen molar-refractivity contribution in [2.75, 3.05) is 12.8 Å². The summed E-state index contributed by atoms with van der Waals surface area (Å²) in [5.41, 5.74) is -1.45. The van der Waals surface area contributed by atoms with E-state index in [1.807, 2.05) is 0 Å². The van der Waals surface area contributed by atoms with Crippen LogP contribution in [-0.4, -0.2) is 54.7 Å². The third-order valence-electron chi connectivity index (χ3n) is 4.41. The summed E-state index contributed by atoms with van der Waals surface area (Å²) in [5.74, 6) is -2.05. The normalized spacial score (nSPS) is 23.1. The number of nitrogens with zero attached hydrogens (tertiary/aromatic N) is 1. The molecule has 1 aliphatic rings. The molecule has 0 bridgehead atoms. The Labute approximate surface area is 132 Å². The van der Waals surface area contributed by atoms with Crippen LogP contribution in [0.15, 0.2) is 0 Å². The molecule has 0 spiro atoms. The Hall–Kier alpha value is -1.15. The van der Waals surface area contributed by atoms with Gasteiger partial charge in [-0.1, -0.05) is 6.92 Å². The molecule has 0 aromatic carbocycles. The number of aliphatic carboxylic acids is 1. The van der Waals surface area contributed by atoms with Gasteiger partial charge in [0.1, 0.15) is 11.3 Å². The summed E-state index contributed by atoms with van der Waals surface area (Å²) in [7, 11) is -2.46. The molecular weight excluding hydrogens is 308 g/mol. The minimum Gasteiger partial charge on any atom is -0.480 e. The van der Waals surface area contributed by atoms with Crippen molar-refractivity contribution < 1.29 is 23.1 Å². The van der Waals surface area contributed by atoms with Gasteiger partial charge in [0.05, 0.1) is 0 Å². The van der Waals surface area contributed by atoms with Crippen LogP contribution in [0.3, 0.4) is 0 Å². The Morgan fingerprint density at radius 2 is 1.73 bits per heavy atom. The lowest BCUT2D eigenvalue weighted by Crippen LogP contribution is -2.53. The topological polar surface area (TPSA) is 104 Å². The van der Waals surface area contributed by atoms with Crippen LogP contribution in [0.2, 0.25) is 0 Å². The molecule has 1 aliphatic carbocycles. The summed E-state index contributed by atoms with van der Waals surface area (Å²) in [4.78, 5) is 24.1. The highest BCUT2D eigenvalue weighted by molar-refractivity contribution is 7.90. The fourth-order valence-electron chi connectivity index (χ4n) is 2.39. The van der Waals surface area contributed by atoms with E-state index in [-0.39, 0.29) is 6.04 Å². The first-order valence-corrected chi connectivity index (χ1v) is 9.11. The molecule has 128 valence electrons. The van der Waals surface area contributed by atoms with Crippen molar-refractivity contribution in [1.82, 2.24) is 9.62 Å². The van der Waals surface area contributed by atoms with Crippen LogP contribution in [0, 0.1) is 5.92 Å². The summed E-state index contributed by atoms with van der Waals surface area (Å²) in [6.45, 7) is 4.85. The van der Waals surface area contributed by atoms with Gasteiger partial charge in [0.15, 0.2) is 0 Å². The first-order chi connectivity index (χ1) is 9.95. The van der Waals surface area contributed by atoms with E-state index in [0.29, 0.717) is 5.92 Å². The Morgan fingerprint density at radius 3 is 2.18 bits per heavy atom. The molecule has 22 heavy (non-hydrogen) atoms. The number of hydrogen-bond donors (Lipinski definition) is 2. The second-order valence-corrected chi connectivity index (χ2v) is 8.40. The maximum atomic E-state index is 12.1. The van der Waals surface area contributed by atoms with Crippen molar-refractivity contribution in [3.8, 4) is 0 Å². The molecule has 1 fully saturated rings. The summed E-state index contributed by atoms with van der Waals surface area (Å²) in [6.07, 6.45) is 3.47. The van der Waals surface area contributed by atoms with Crippen molar-refractivity contribution >= 4 is 21.9 Å². The number of sulfonamides is 1. The van der Waals surface area contributed by atoms with E-state index in [2.05, 4.69) is 11.6 Å². The number of hydrogen-bond acceptors (Lipinski definition) is 4. The number of carboxylic acid groups (broad SMARTS) is 1. The number of carbonyl (C=O) groups excluding carboxylic acids is 1. The average Bonchev–Trinajstić information content (AvgIpc) is 2.39. The zero-order chi connectivity index (χ0) is 17.1. The smallest absolute Gasteiger partial charge is 0.329 e. The Kier molecular flexibility index (Phi) is 5.97. The zero-order valence-electron chi connectivity index (χ0n) is 13.6. The molecule has 0 unspecified atom stereocenters. The lowest BCUT2D eigenvalue weighted by atomic mass is 9.88. The highest BCUT2D eigenvalue weighted by atomic mass is 32.2. The van der Waals surface area contributed by atoms with E-state index in [1.165, 1.54) is 20.9 Å². The van der Waals surface area contributed by atoms with Crippen molar-refractivity contribution in [2.24, 2.45) is 5.92 Å². The zero-order valence-corrected chi connectivity index (χ0v) is 14.4. The molecule has 0 heterocycles. The minimum atomic E-state index is -3.76. The van der Waals surface area contributed by atoms with Gasteiger partial charge in [0.25, 0.3) is 0 Å². The lowest BCUT2D eigenvalue weighted by Gasteiger charge is -2.32. The average molecular weight is 334 g/mol. The van der Waals surface area contributed by atoms with Crippen molar-refractivity contribution in [3.63, 3.8) is 0 Å². The predicted octanol–water partition coefficient (Wildman–Crippen LogP) is 0.806. The molecule has 0 radical (unpaired) electrons. The van der Waals surface area contributed by atoms with Crippen LogP contribution in [0.25, 0.3) is 0 Å². The molecule has 2 N–H and O–H groups in total. The van der Waals surface area contributed by atoms with E-state index in [0.717, 1.165) is 30.6 Å². The first-order valence-electron chi connectivity index (χ1n) is 7.45. The Bertz CT molecular complexity index is 521. The van der Waals surface area contributed by atoms with Crippen LogP contribution in [0.4, 0.5) is 0 Å². The van der Waals surface area contributed by atoms with Crippen LogP contribution in [0.1, 0.15) is 46.5 Å². The number of rotatable bonds is 6. The maximum Gasteiger partial charge on any atom is 0.329 e. The lowest BCUT2D eigenvalue weighted by molar-refractivity contribution is -0.154.